The van der Waals surface area contributed by atoms with Gasteiger partial charge in [0.15, 0.2) is 5.78 Å². The number of benzene rings is 3. The van der Waals surface area contributed by atoms with Crippen molar-refractivity contribution >= 4 is 21.6 Å². The van der Waals surface area contributed by atoms with Crippen molar-refractivity contribution in [2.24, 2.45) is 0 Å². The van der Waals surface area contributed by atoms with E-state index >= 15 is 0 Å². The third kappa shape index (κ3) is 3.11. The van der Waals surface area contributed by atoms with Crippen LogP contribution in [0.3, 0.4) is 0 Å². The zero-order valence-electron chi connectivity index (χ0n) is 15.7. The topological polar surface area (TPSA) is 116 Å². The number of esters is 1. The minimum atomic E-state index is -3.95. The van der Waals surface area contributed by atoms with Crippen LogP contribution in [0.4, 0.5) is 0 Å². The molecule has 0 atom stereocenters. The SMILES string of the molecule is O=C(Oc1ccc(-c2nnco2)cc1)c1ccc2c(c1)S(=O)(=O)c1ccccc1C2=O. The maximum atomic E-state index is 13.0. The van der Waals surface area contributed by atoms with Gasteiger partial charge < -0.3 is 9.15 Å². The maximum Gasteiger partial charge on any atom is 0.343 e. The van der Waals surface area contributed by atoms with E-state index in [1.54, 1.807) is 36.4 Å². The molecule has 1 aliphatic rings. The zero-order chi connectivity index (χ0) is 21.6. The van der Waals surface area contributed by atoms with Crippen LogP contribution in [0.15, 0.2) is 87.3 Å². The van der Waals surface area contributed by atoms with Crippen molar-refractivity contribution < 1.29 is 27.2 Å². The molecule has 0 amide bonds. The van der Waals surface area contributed by atoms with E-state index in [1.807, 2.05) is 0 Å². The van der Waals surface area contributed by atoms with E-state index in [9.17, 15) is 18.0 Å². The molecule has 0 fully saturated rings. The summed E-state index contributed by atoms with van der Waals surface area (Å²) in [5.74, 6) is -0.593. The van der Waals surface area contributed by atoms with Gasteiger partial charge in [-0.2, -0.15) is 0 Å². The average molecular weight is 432 g/mol. The summed E-state index contributed by atoms with van der Waals surface area (Å²) in [6.07, 6.45) is 1.20. The van der Waals surface area contributed by atoms with Crippen molar-refractivity contribution in [1.29, 1.82) is 0 Å². The van der Waals surface area contributed by atoms with Gasteiger partial charge in [-0.1, -0.05) is 12.1 Å². The molecule has 0 unspecified atom stereocenters. The highest BCUT2D eigenvalue weighted by Gasteiger charge is 2.35. The number of hydrogen-bond acceptors (Lipinski definition) is 8. The van der Waals surface area contributed by atoms with Crippen molar-refractivity contribution in [2.75, 3.05) is 0 Å². The van der Waals surface area contributed by atoms with Crippen LogP contribution in [0.1, 0.15) is 26.3 Å². The largest absolute Gasteiger partial charge is 0.423 e. The van der Waals surface area contributed by atoms with E-state index in [-0.39, 0.29) is 32.2 Å². The minimum Gasteiger partial charge on any atom is -0.423 e. The molecule has 8 nitrogen and oxygen atoms in total. The van der Waals surface area contributed by atoms with Crippen LogP contribution in [0.25, 0.3) is 11.5 Å². The summed E-state index contributed by atoms with van der Waals surface area (Å²) in [7, 11) is -3.95. The first-order chi connectivity index (χ1) is 14.9. The molecule has 0 N–H and O–H groups in total. The molecular formula is C22H12N2O6S. The summed E-state index contributed by atoms with van der Waals surface area (Å²) in [6, 6.07) is 16.3. The summed E-state index contributed by atoms with van der Waals surface area (Å²) in [5.41, 5.74) is 0.802. The van der Waals surface area contributed by atoms with Crippen LogP contribution in [0, 0.1) is 0 Å². The first-order valence-corrected chi connectivity index (χ1v) is 10.5. The fourth-order valence-corrected chi connectivity index (χ4v) is 5.02. The van der Waals surface area contributed by atoms with E-state index in [0.717, 1.165) is 0 Å². The molecule has 0 bridgehead atoms. The molecule has 0 radical (unpaired) electrons. The number of hydrogen-bond donors (Lipinski definition) is 0. The molecule has 3 aromatic carbocycles. The van der Waals surface area contributed by atoms with Crippen molar-refractivity contribution in [3.05, 3.63) is 89.8 Å². The lowest BCUT2D eigenvalue weighted by molar-refractivity contribution is 0.0734. The fourth-order valence-electron chi connectivity index (χ4n) is 3.34. The van der Waals surface area contributed by atoms with Gasteiger partial charge in [0.2, 0.25) is 22.1 Å². The Kier molecular flexibility index (Phi) is 4.26. The molecule has 5 rings (SSSR count). The Labute approximate surface area is 176 Å². The van der Waals surface area contributed by atoms with E-state index in [0.29, 0.717) is 11.5 Å². The molecule has 1 aliphatic heterocycles. The molecule has 9 heteroatoms. The smallest absolute Gasteiger partial charge is 0.343 e. The molecular weight excluding hydrogens is 420 g/mol. The number of carbonyl (C=O) groups excluding carboxylic acids is 2. The highest BCUT2D eigenvalue weighted by molar-refractivity contribution is 7.91. The van der Waals surface area contributed by atoms with Gasteiger partial charge in [-0.3, -0.25) is 4.79 Å². The van der Waals surface area contributed by atoms with Crippen LogP contribution in [0.2, 0.25) is 0 Å². The van der Waals surface area contributed by atoms with E-state index < -0.39 is 21.6 Å². The number of aromatic nitrogens is 2. The first kappa shape index (κ1) is 18.9. The first-order valence-electron chi connectivity index (χ1n) is 9.07. The van der Waals surface area contributed by atoms with Crippen molar-refractivity contribution in [3.8, 4) is 17.2 Å². The molecule has 0 aliphatic carbocycles. The summed E-state index contributed by atoms with van der Waals surface area (Å²) >= 11 is 0. The standard InChI is InChI=1S/C22H12N2O6S/c25-20-16-3-1-2-4-18(16)31(27,28)19-11-14(7-10-17(19)20)22(26)30-15-8-5-13(6-9-15)21-24-23-12-29-21/h1-12H. The minimum absolute atomic E-state index is 0.00971. The molecule has 1 aromatic heterocycles. The van der Waals surface area contributed by atoms with Crippen LogP contribution in [-0.2, 0) is 9.84 Å². The van der Waals surface area contributed by atoms with Crippen LogP contribution < -0.4 is 4.74 Å². The lowest BCUT2D eigenvalue weighted by atomic mass is 10.0. The molecule has 2 heterocycles. The van der Waals surface area contributed by atoms with Crippen LogP contribution >= 0.6 is 0 Å². The van der Waals surface area contributed by atoms with Gasteiger partial charge in [-0.15, -0.1) is 10.2 Å². The van der Waals surface area contributed by atoms with Crippen molar-refractivity contribution in [2.45, 2.75) is 9.79 Å². The van der Waals surface area contributed by atoms with Gasteiger partial charge in [-0.05, 0) is 54.6 Å². The number of carbonyl (C=O) groups is 2. The Hall–Kier alpha value is -4.11. The lowest BCUT2D eigenvalue weighted by Crippen LogP contribution is -2.21. The summed E-state index contributed by atoms with van der Waals surface area (Å²) in [4.78, 5) is 25.0. The molecule has 4 aromatic rings. The molecule has 0 saturated heterocycles. The van der Waals surface area contributed by atoms with E-state index in [4.69, 9.17) is 9.15 Å². The number of fused-ring (bicyclic) bond motifs is 2. The summed E-state index contributed by atoms with van der Waals surface area (Å²) in [5, 5.41) is 7.39. The van der Waals surface area contributed by atoms with Gasteiger partial charge in [-0.25, -0.2) is 13.2 Å². The van der Waals surface area contributed by atoms with Crippen molar-refractivity contribution in [3.63, 3.8) is 0 Å². The molecule has 0 saturated carbocycles. The second-order valence-electron chi connectivity index (χ2n) is 6.70. The third-order valence-electron chi connectivity index (χ3n) is 4.84. The fraction of sp³-hybridized carbons (Fsp3) is 0. The third-order valence-corrected chi connectivity index (χ3v) is 6.70. The second kappa shape index (κ2) is 6.99. The Morgan fingerprint density at radius 2 is 1.65 bits per heavy atom. The lowest BCUT2D eigenvalue weighted by Gasteiger charge is -2.19. The summed E-state index contributed by atoms with van der Waals surface area (Å²) < 4.78 is 36.4. The van der Waals surface area contributed by atoms with Gasteiger partial charge in [0.05, 0.1) is 15.4 Å². The van der Waals surface area contributed by atoms with Gasteiger partial charge in [0.1, 0.15) is 5.75 Å². The Morgan fingerprint density at radius 3 is 2.39 bits per heavy atom. The van der Waals surface area contributed by atoms with E-state index in [2.05, 4.69) is 10.2 Å². The predicted octanol–water partition coefficient (Wildman–Crippen LogP) is 3.33. The predicted molar refractivity (Wildman–Crippen MR) is 106 cm³/mol. The highest BCUT2D eigenvalue weighted by atomic mass is 32.2. The molecule has 31 heavy (non-hydrogen) atoms. The van der Waals surface area contributed by atoms with E-state index in [1.165, 1.54) is 36.7 Å². The Bertz CT molecular complexity index is 1440. The quantitative estimate of drug-likeness (QED) is 0.315. The normalized spacial score (nSPS) is 13.9. The average Bonchev–Trinajstić information content (AvgIpc) is 3.33. The number of sulfone groups is 1. The molecule has 0 spiro atoms. The summed E-state index contributed by atoms with van der Waals surface area (Å²) in [6.45, 7) is 0. The number of rotatable bonds is 3. The number of nitrogens with zero attached hydrogens (tertiary/aromatic N) is 2. The monoisotopic (exact) mass is 432 g/mol. The zero-order valence-corrected chi connectivity index (χ0v) is 16.5. The van der Waals surface area contributed by atoms with Crippen molar-refractivity contribution in [1.82, 2.24) is 10.2 Å². The number of ether oxygens (including phenoxy) is 1. The molecule has 152 valence electrons. The van der Waals surface area contributed by atoms with Crippen LogP contribution in [0.5, 0.6) is 5.75 Å². The van der Waals surface area contributed by atoms with Gasteiger partial charge in [0, 0.05) is 16.7 Å². The van der Waals surface area contributed by atoms with Crippen LogP contribution in [-0.4, -0.2) is 30.4 Å². The Morgan fingerprint density at radius 1 is 0.903 bits per heavy atom. The number of ketones is 1. The maximum absolute atomic E-state index is 13.0. The highest BCUT2D eigenvalue weighted by Crippen LogP contribution is 2.35. The van der Waals surface area contributed by atoms with Gasteiger partial charge >= 0.3 is 5.97 Å². The van der Waals surface area contributed by atoms with Gasteiger partial charge in [0.25, 0.3) is 0 Å². The second-order valence-corrected chi connectivity index (χ2v) is 8.58. The Balaban J connectivity index is 1.45.